The highest BCUT2D eigenvalue weighted by molar-refractivity contribution is 7.07. The van der Waals surface area contributed by atoms with Crippen molar-refractivity contribution in [2.24, 2.45) is 0 Å². The summed E-state index contributed by atoms with van der Waals surface area (Å²) >= 11 is 1.75. The Morgan fingerprint density at radius 1 is 1.00 bits per heavy atom. The zero-order valence-corrected chi connectivity index (χ0v) is 12.2. The molecule has 1 heterocycles. The highest BCUT2D eigenvalue weighted by Gasteiger charge is 2.02. The molecule has 0 unspecified atom stereocenters. The van der Waals surface area contributed by atoms with Gasteiger partial charge in [-0.15, -0.1) is 0 Å². The lowest BCUT2D eigenvalue weighted by molar-refractivity contribution is -0.128. The van der Waals surface area contributed by atoms with Gasteiger partial charge < -0.3 is 0 Å². The Hall–Kier alpha value is -1.65. The van der Waals surface area contributed by atoms with E-state index >= 15 is 0 Å². The minimum atomic E-state index is -0.381. The Kier molecular flexibility index (Phi) is 5.77. The molecule has 0 radical (unpaired) electrons. The summed E-state index contributed by atoms with van der Waals surface area (Å²) in [6, 6.07) is 10.2. The molecule has 2 N–H and O–H groups in total. The van der Waals surface area contributed by atoms with Crippen LogP contribution < -0.4 is 5.48 Å². The number of carbonyl (C=O) groups excluding carboxylic acids is 1. The molecule has 20 heavy (non-hydrogen) atoms. The molecule has 0 atom stereocenters. The Labute approximate surface area is 123 Å². The highest BCUT2D eigenvalue weighted by atomic mass is 32.1. The predicted octanol–water partition coefficient (Wildman–Crippen LogP) is 3.36. The van der Waals surface area contributed by atoms with E-state index < -0.39 is 0 Å². The summed E-state index contributed by atoms with van der Waals surface area (Å²) < 4.78 is 0. The topological polar surface area (TPSA) is 49.3 Å². The Morgan fingerprint density at radius 2 is 1.65 bits per heavy atom. The number of hydrogen-bond donors (Lipinski definition) is 2. The van der Waals surface area contributed by atoms with Gasteiger partial charge in [0.1, 0.15) is 0 Å². The first-order valence-electron chi connectivity index (χ1n) is 6.80. The van der Waals surface area contributed by atoms with Gasteiger partial charge in [0.05, 0.1) is 6.42 Å². The van der Waals surface area contributed by atoms with Gasteiger partial charge in [0, 0.05) is 0 Å². The summed E-state index contributed by atoms with van der Waals surface area (Å²) in [6.45, 7) is 0. The predicted molar refractivity (Wildman–Crippen MR) is 81.0 cm³/mol. The fraction of sp³-hybridized carbons (Fsp3) is 0.312. The minimum absolute atomic E-state index is 0.217. The normalized spacial score (nSPS) is 10.4. The van der Waals surface area contributed by atoms with Gasteiger partial charge >= 0.3 is 0 Å². The summed E-state index contributed by atoms with van der Waals surface area (Å²) in [5.74, 6) is -0.381. The SMILES string of the molecule is O=C(Cc1ccc(CCCCc2ccsc2)cc1)NO. The third-order valence-electron chi connectivity index (χ3n) is 3.27. The smallest absolute Gasteiger partial charge is 0.247 e. The first-order valence-corrected chi connectivity index (χ1v) is 7.74. The molecular weight excluding hydrogens is 270 g/mol. The molecule has 2 aromatic rings. The van der Waals surface area contributed by atoms with Crippen molar-refractivity contribution in [3.8, 4) is 0 Å². The molecule has 0 saturated heterocycles. The third kappa shape index (κ3) is 4.79. The highest BCUT2D eigenvalue weighted by Crippen LogP contribution is 2.12. The largest absolute Gasteiger partial charge is 0.289 e. The molecule has 106 valence electrons. The number of hydroxylamine groups is 1. The minimum Gasteiger partial charge on any atom is -0.289 e. The molecule has 0 spiro atoms. The van der Waals surface area contributed by atoms with Crippen LogP contribution in [0.2, 0.25) is 0 Å². The van der Waals surface area contributed by atoms with E-state index in [4.69, 9.17) is 5.21 Å². The molecule has 1 aromatic heterocycles. The van der Waals surface area contributed by atoms with Crippen LogP contribution in [0.4, 0.5) is 0 Å². The number of nitrogens with one attached hydrogen (secondary N) is 1. The summed E-state index contributed by atoms with van der Waals surface area (Å²) in [7, 11) is 0. The second kappa shape index (κ2) is 7.82. The molecule has 1 amide bonds. The number of amides is 1. The monoisotopic (exact) mass is 289 g/mol. The molecule has 0 aliphatic heterocycles. The summed E-state index contributed by atoms with van der Waals surface area (Å²) in [4.78, 5) is 11.0. The van der Waals surface area contributed by atoms with Crippen LogP contribution in [0.5, 0.6) is 0 Å². The number of benzene rings is 1. The maximum Gasteiger partial charge on any atom is 0.247 e. The van der Waals surface area contributed by atoms with Crippen LogP contribution in [0, 0.1) is 0 Å². The van der Waals surface area contributed by atoms with Gasteiger partial charge in [-0.3, -0.25) is 10.0 Å². The molecule has 0 saturated carbocycles. The van der Waals surface area contributed by atoms with E-state index in [1.54, 1.807) is 16.8 Å². The van der Waals surface area contributed by atoms with Crippen molar-refractivity contribution in [2.45, 2.75) is 32.1 Å². The van der Waals surface area contributed by atoms with Crippen molar-refractivity contribution in [3.05, 3.63) is 57.8 Å². The lowest BCUT2D eigenvalue weighted by Crippen LogP contribution is -2.20. The van der Waals surface area contributed by atoms with Crippen LogP contribution in [0.1, 0.15) is 29.5 Å². The van der Waals surface area contributed by atoms with Crippen molar-refractivity contribution < 1.29 is 10.0 Å². The fourth-order valence-corrected chi connectivity index (χ4v) is 2.84. The van der Waals surface area contributed by atoms with Crippen molar-refractivity contribution in [3.63, 3.8) is 0 Å². The molecule has 4 heteroatoms. The van der Waals surface area contributed by atoms with Crippen LogP contribution in [0.3, 0.4) is 0 Å². The van der Waals surface area contributed by atoms with E-state index in [2.05, 4.69) is 29.0 Å². The Morgan fingerprint density at radius 3 is 2.25 bits per heavy atom. The first-order chi connectivity index (χ1) is 9.78. The fourth-order valence-electron chi connectivity index (χ4n) is 2.14. The lowest BCUT2D eigenvalue weighted by atomic mass is 10.0. The first kappa shape index (κ1) is 14.8. The van der Waals surface area contributed by atoms with Gasteiger partial charge in [-0.1, -0.05) is 24.3 Å². The number of unbranched alkanes of at least 4 members (excludes halogenated alkanes) is 1. The maximum absolute atomic E-state index is 11.0. The molecule has 2 rings (SSSR count). The van der Waals surface area contributed by atoms with Gasteiger partial charge in [-0.25, -0.2) is 5.48 Å². The van der Waals surface area contributed by atoms with Crippen LogP contribution in [0.25, 0.3) is 0 Å². The van der Waals surface area contributed by atoms with Gasteiger partial charge in [0.25, 0.3) is 0 Å². The van der Waals surface area contributed by atoms with Gasteiger partial charge in [-0.05, 0) is 59.2 Å². The number of thiophene rings is 1. The van der Waals surface area contributed by atoms with Crippen molar-refractivity contribution in [2.75, 3.05) is 0 Å². The van der Waals surface area contributed by atoms with Gasteiger partial charge in [0.2, 0.25) is 5.91 Å². The average molecular weight is 289 g/mol. The molecule has 0 fully saturated rings. The summed E-state index contributed by atoms with van der Waals surface area (Å²) in [5, 5.41) is 12.8. The summed E-state index contributed by atoms with van der Waals surface area (Å²) in [5.41, 5.74) is 5.29. The molecule has 0 aliphatic rings. The van der Waals surface area contributed by atoms with Crippen LogP contribution in [0.15, 0.2) is 41.1 Å². The van der Waals surface area contributed by atoms with E-state index in [0.717, 1.165) is 18.4 Å². The average Bonchev–Trinajstić information content (AvgIpc) is 2.98. The van der Waals surface area contributed by atoms with Crippen LogP contribution >= 0.6 is 11.3 Å². The lowest BCUT2D eigenvalue weighted by Gasteiger charge is -2.04. The van der Waals surface area contributed by atoms with E-state index in [9.17, 15) is 4.79 Å². The van der Waals surface area contributed by atoms with E-state index in [1.807, 2.05) is 12.1 Å². The number of hydrogen-bond acceptors (Lipinski definition) is 3. The zero-order chi connectivity index (χ0) is 14.2. The molecule has 3 nitrogen and oxygen atoms in total. The Balaban J connectivity index is 1.72. The number of carbonyl (C=O) groups is 1. The van der Waals surface area contributed by atoms with E-state index in [-0.39, 0.29) is 12.3 Å². The quantitative estimate of drug-likeness (QED) is 0.466. The second-order valence-electron chi connectivity index (χ2n) is 4.87. The van der Waals surface area contributed by atoms with Crippen molar-refractivity contribution >= 4 is 17.2 Å². The molecule has 0 bridgehead atoms. The van der Waals surface area contributed by atoms with Crippen molar-refractivity contribution in [1.82, 2.24) is 5.48 Å². The molecule has 1 aromatic carbocycles. The standard InChI is InChI=1S/C16H19NO2S/c18-16(17-19)11-14-7-5-13(6-8-14)3-1-2-4-15-9-10-20-12-15/h5-10,12,19H,1-4,11H2,(H,17,18). The van der Waals surface area contributed by atoms with E-state index in [1.165, 1.54) is 24.0 Å². The summed E-state index contributed by atoms with van der Waals surface area (Å²) in [6.07, 6.45) is 4.81. The molecular formula is C16H19NO2S. The van der Waals surface area contributed by atoms with Gasteiger partial charge in [-0.2, -0.15) is 11.3 Å². The molecule has 0 aliphatic carbocycles. The maximum atomic E-state index is 11.0. The number of aryl methyl sites for hydroxylation is 2. The van der Waals surface area contributed by atoms with Gasteiger partial charge in [0.15, 0.2) is 0 Å². The third-order valence-corrected chi connectivity index (χ3v) is 4.01. The second-order valence-corrected chi connectivity index (χ2v) is 5.65. The number of rotatable bonds is 7. The van der Waals surface area contributed by atoms with Crippen LogP contribution in [-0.2, 0) is 24.1 Å². The van der Waals surface area contributed by atoms with Crippen LogP contribution in [-0.4, -0.2) is 11.1 Å². The van der Waals surface area contributed by atoms with Crippen molar-refractivity contribution in [1.29, 1.82) is 0 Å². The zero-order valence-electron chi connectivity index (χ0n) is 11.3. The van der Waals surface area contributed by atoms with E-state index in [0.29, 0.717) is 0 Å². The Bertz CT molecular complexity index is 520.